The van der Waals surface area contributed by atoms with E-state index in [-0.39, 0.29) is 24.7 Å². The number of hydrogen-bond acceptors (Lipinski definition) is 4. The van der Waals surface area contributed by atoms with Crippen LogP contribution in [0.25, 0.3) is 0 Å². The Balaban J connectivity index is 1.88. The van der Waals surface area contributed by atoms with Gasteiger partial charge in [0.2, 0.25) is 17.7 Å². The largest absolute Gasteiger partial charge is 0.323 e. The van der Waals surface area contributed by atoms with Crippen LogP contribution in [0.4, 0.5) is 0 Å². The van der Waals surface area contributed by atoms with Crippen molar-refractivity contribution in [3.05, 3.63) is 28.7 Å². The van der Waals surface area contributed by atoms with E-state index in [1.54, 1.807) is 0 Å². The maximum atomic E-state index is 11.9. The molecule has 100 valence electrons. The minimum atomic E-state index is -0.432. The standard InChI is InChI=1S/C12H11BrN2O3S/c13-8-1-3-9(4-2-8)19-7-12(18)15-5-10(16)14-11(17)6-15/h1-4H,5-7H2,(H,14,16,17). The van der Waals surface area contributed by atoms with E-state index in [0.29, 0.717) is 0 Å². The average molecular weight is 343 g/mol. The van der Waals surface area contributed by atoms with Crippen molar-refractivity contribution in [2.75, 3.05) is 18.8 Å². The van der Waals surface area contributed by atoms with E-state index in [1.807, 2.05) is 24.3 Å². The molecule has 1 aliphatic heterocycles. The van der Waals surface area contributed by atoms with Gasteiger partial charge in [-0.05, 0) is 24.3 Å². The van der Waals surface area contributed by atoms with Crippen LogP contribution in [-0.2, 0) is 14.4 Å². The summed E-state index contributed by atoms with van der Waals surface area (Å²) in [7, 11) is 0. The fourth-order valence-corrected chi connectivity index (χ4v) is 2.65. The molecule has 0 aromatic heterocycles. The van der Waals surface area contributed by atoms with Crippen LogP contribution in [0.3, 0.4) is 0 Å². The summed E-state index contributed by atoms with van der Waals surface area (Å²) >= 11 is 4.71. The Labute approximate surface area is 122 Å². The monoisotopic (exact) mass is 342 g/mol. The number of halogens is 1. The number of nitrogens with zero attached hydrogens (tertiary/aromatic N) is 1. The zero-order chi connectivity index (χ0) is 13.8. The predicted octanol–water partition coefficient (Wildman–Crippen LogP) is 1.03. The summed E-state index contributed by atoms with van der Waals surface area (Å²) in [5, 5.41) is 2.16. The zero-order valence-corrected chi connectivity index (χ0v) is 12.3. The van der Waals surface area contributed by atoms with E-state index >= 15 is 0 Å². The van der Waals surface area contributed by atoms with Crippen molar-refractivity contribution >= 4 is 45.4 Å². The molecule has 1 fully saturated rings. The van der Waals surface area contributed by atoms with Crippen molar-refractivity contribution in [3.8, 4) is 0 Å². The van der Waals surface area contributed by atoms with Gasteiger partial charge in [0.05, 0.1) is 5.75 Å². The SMILES string of the molecule is O=C1CN(C(=O)CSc2ccc(Br)cc2)CC(=O)N1. The van der Waals surface area contributed by atoms with Gasteiger partial charge >= 0.3 is 0 Å². The van der Waals surface area contributed by atoms with Crippen molar-refractivity contribution in [1.29, 1.82) is 0 Å². The van der Waals surface area contributed by atoms with Gasteiger partial charge in [-0.25, -0.2) is 0 Å². The first-order valence-electron chi connectivity index (χ1n) is 5.53. The molecule has 1 heterocycles. The van der Waals surface area contributed by atoms with Crippen LogP contribution in [0.15, 0.2) is 33.6 Å². The zero-order valence-electron chi connectivity index (χ0n) is 9.89. The minimum Gasteiger partial charge on any atom is -0.323 e. The van der Waals surface area contributed by atoms with Crippen molar-refractivity contribution < 1.29 is 14.4 Å². The van der Waals surface area contributed by atoms with Gasteiger partial charge in [-0.2, -0.15) is 0 Å². The minimum absolute atomic E-state index is 0.0501. The first-order valence-corrected chi connectivity index (χ1v) is 7.31. The van der Waals surface area contributed by atoms with Gasteiger partial charge in [-0.15, -0.1) is 11.8 Å². The van der Waals surface area contributed by atoms with E-state index in [4.69, 9.17) is 0 Å². The summed E-state index contributed by atoms with van der Waals surface area (Å²) < 4.78 is 0.974. The van der Waals surface area contributed by atoms with Crippen LogP contribution >= 0.6 is 27.7 Å². The quantitative estimate of drug-likeness (QED) is 0.658. The number of hydrogen-bond donors (Lipinski definition) is 1. The molecule has 1 aromatic carbocycles. The van der Waals surface area contributed by atoms with Gasteiger partial charge in [0, 0.05) is 9.37 Å². The number of nitrogens with one attached hydrogen (secondary N) is 1. The predicted molar refractivity (Wildman–Crippen MR) is 74.6 cm³/mol. The molecule has 2 rings (SSSR count). The van der Waals surface area contributed by atoms with Gasteiger partial charge in [0.15, 0.2) is 0 Å². The number of benzene rings is 1. The summed E-state index contributed by atoms with van der Waals surface area (Å²) in [5.41, 5.74) is 0. The first-order chi connectivity index (χ1) is 9.04. The highest BCUT2D eigenvalue weighted by molar-refractivity contribution is 9.10. The topological polar surface area (TPSA) is 66.5 Å². The van der Waals surface area contributed by atoms with Crippen molar-refractivity contribution in [2.45, 2.75) is 4.90 Å². The maximum Gasteiger partial charge on any atom is 0.246 e. The highest BCUT2D eigenvalue weighted by Gasteiger charge is 2.25. The number of rotatable bonds is 3. The molecule has 5 nitrogen and oxygen atoms in total. The molecule has 0 spiro atoms. The maximum absolute atomic E-state index is 11.9. The van der Waals surface area contributed by atoms with E-state index in [9.17, 15) is 14.4 Å². The van der Waals surface area contributed by atoms with Crippen LogP contribution in [0.1, 0.15) is 0 Å². The summed E-state index contributed by atoms with van der Waals surface area (Å²) in [6, 6.07) is 7.58. The van der Waals surface area contributed by atoms with Gasteiger partial charge in [0.1, 0.15) is 13.1 Å². The van der Waals surface area contributed by atoms with Gasteiger partial charge < -0.3 is 4.90 Å². The van der Waals surface area contributed by atoms with E-state index < -0.39 is 11.8 Å². The fourth-order valence-electron chi connectivity index (χ4n) is 1.58. The first kappa shape index (κ1) is 14.1. The lowest BCUT2D eigenvalue weighted by Gasteiger charge is -2.25. The second-order valence-electron chi connectivity index (χ2n) is 3.96. The van der Waals surface area contributed by atoms with Crippen LogP contribution in [-0.4, -0.2) is 41.5 Å². The molecule has 0 bridgehead atoms. The number of piperazine rings is 1. The Morgan fingerprint density at radius 1 is 1.21 bits per heavy atom. The van der Waals surface area contributed by atoms with E-state index in [0.717, 1.165) is 9.37 Å². The molecular formula is C12H11BrN2O3S. The van der Waals surface area contributed by atoms with Gasteiger partial charge in [-0.3, -0.25) is 19.7 Å². The molecule has 0 aliphatic carbocycles. The highest BCUT2D eigenvalue weighted by Crippen LogP contribution is 2.21. The third-order valence-corrected chi connectivity index (χ3v) is 4.00. The third kappa shape index (κ3) is 4.07. The third-order valence-electron chi connectivity index (χ3n) is 2.48. The number of carbonyl (C=O) groups excluding carboxylic acids is 3. The van der Waals surface area contributed by atoms with Gasteiger partial charge in [0.25, 0.3) is 0 Å². The Hall–Kier alpha value is -1.34. The number of amides is 3. The number of thioether (sulfide) groups is 1. The number of imide groups is 1. The van der Waals surface area contributed by atoms with Gasteiger partial charge in [-0.1, -0.05) is 15.9 Å². The lowest BCUT2D eigenvalue weighted by Crippen LogP contribution is -2.53. The molecule has 1 N–H and O–H groups in total. The Morgan fingerprint density at radius 3 is 2.37 bits per heavy atom. The Bertz CT molecular complexity index is 502. The van der Waals surface area contributed by atoms with E-state index in [1.165, 1.54) is 16.7 Å². The molecule has 7 heteroatoms. The average Bonchev–Trinajstić information content (AvgIpc) is 2.36. The molecule has 0 saturated carbocycles. The number of carbonyl (C=O) groups is 3. The van der Waals surface area contributed by atoms with Crippen molar-refractivity contribution in [3.63, 3.8) is 0 Å². The molecule has 0 unspecified atom stereocenters. The molecule has 19 heavy (non-hydrogen) atoms. The smallest absolute Gasteiger partial charge is 0.246 e. The summed E-state index contributed by atoms with van der Waals surface area (Å²) in [4.78, 5) is 36.5. The molecular weight excluding hydrogens is 332 g/mol. The Morgan fingerprint density at radius 2 is 1.79 bits per heavy atom. The molecule has 1 aromatic rings. The molecule has 3 amide bonds. The molecule has 0 radical (unpaired) electrons. The van der Waals surface area contributed by atoms with Crippen molar-refractivity contribution in [1.82, 2.24) is 10.2 Å². The second-order valence-corrected chi connectivity index (χ2v) is 5.93. The summed E-state index contributed by atoms with van der Waals surface area (Å²) in [6.45, 7) is -0.100. The summed E-state index contributed by atoms with van der Waals surface area (Å²) in [5.74, 6) is -0.866. The Kier molecular flexibility index (Phi) is 4.60. The lowest BCUT2D eigenvalue weighted by molar-refractivity contribution is -0.144. The normalized spacial score (nSPS) is 15.3. The summed E-state index contributed by atoms with van der Waals surface area (Å²) in [6.07, 6.45) is 0. The second kappa shape index (κ2) is 6.21. The van der Waals surface area contributed by atoms with Crippen LogP contribution in [0.5, 0.6) is 0 Å². The molecule has 1 aliphatic rings. The molecule has 1 saturated heterocycles. The lowest BCUT2D eigenvalue weighted by atomic mass is 10.3. The van der Waals surface area contributed by atoms with Crippen molar-refractivity contribution in [2.24, 2.45) is 0 Å². The molecule has 0 atom stereocenters. The van der Waals surface area contributed by atoms with Crippen LogP contribution in [0.2, 0.25) is 0 Å². The highest BCUT2D eigenvalue weighted by atomic mass is 79.9. The van der Waals surface area contributed by atoms with E-state index in [2.05, 4.69) is 21.2 Å². The fraction of sp³-hybridized carbons (Fsp3) is 0.250. The van der Waals surface area contributed by atoms with Crippen LogP contribution in [0, 0.1) is 0 Å². The van der Waals surface area contributed by atoms with Crippen LogP contribution < -0.4 is 5.32 Å².